The Morgan fingerprint density at radius 1 is 1.36 bits per heavy atom. The van der Waals surface area contributed by atoms with Crippen LogP contribution >= 0.6 is 0 Å². The van der Waals surface area contributed by atoms with Crippen molar-refractivity contribution in [1.82, 2.24) is 0 Å². The summed E-state index contributed by atoms with van der Waals surface area (Å²) >= 11 is 0. The third kappa shape index (κ3) is 1.50. The second-order valence-electron chi connectivity index (χ2n) is 3.24. The van der Waals surface area contributed by atoms with Gasteiger partial charge in [0.2, 0.25) is 8.32 Å². The van der Waals surface area contributed by atoms with Gasteiger partial charge in [0.05, 0.1) is 6.10 Å². The monoisotopic (exact) mass is 174 g/mol. The molecule has 0 spiro atoms. The molecule has 0 aromatic heterocycles. The van der Waals surface area contributed by atoms with Gasteiger partial charge in [0.25, 0.3) is 0 Å². The van der Waals surface area contributed by atoms with Crippen molar-refractivity contribution in [3.8, 4) is 0 Å². The second kappa shape index (κ2) is 3.25. The van der Waals surface area contributed by atoms with Crippen molar-refractivity contribution in [3.63, 3.8) is 0 Å². The Morgan fingerprint density at radius 3 is 1.91 bits per heavy atom. The zero-order valence-electron chi connectivity index (χ0n) is 7.89. The topological polar surface area (TPSA) is 21.8 Å². The second-order valence-corrected chi connectivity index (χ2v) is 7.76. The predicted molar refractivity (Wildman–Crippen MR) is 48.1 cm³/mol. The molecule has 2 unspecified atom stereocenters. The molecular formula is C8H18O2Si. The lowest BCUT2D eigenvalue weighted by molar-refractivity contribution is 0.347. The Hall–Kier alpha value is 0.137. The Balaban J connectivity index is 2.57. The van der Waals surface area contributed by atoms with E-state index in [0.717, 1.165) is 0 Å². The van der Waals surface area contributed by atoms with Crippen LogP contribution in [0.3, 0.4) is 0 Å². The molecule has 1 heterocycles. The van der Waals surface area contributed by atoms with Crippen LogP contribution in [0.2, 0.25) is 12.1 Å². The lowest BCUT2D eigenvalue weighted by atomic mass is 10.6. The molecule has 66 valence electrons. The van der Waals surface area contributed by atoms with E-state index >= 15 is 0 Å². The first kappa shape index (κ1) is 9.23. The maximum Gasteiger partial charge on any atom is 0.223 e. The summed E-state index contributed by atoms with van der Waals surface area (Å²) in [6.45, 7) is 6.57. The van der Waals surface area contributed by atoms with Gasteiger partial charge < -0.3 is 9.16 Å². The van der Waals surface area contributed by atoms with Crippen molar-refractivity contribution >= 4 is 8.32 Å². The van der Waals surface area contributed by atoms with Gasteiger partial charge in [-0.05, 0) is 19.0 Å². The zero-order chi connectivity index (χ0) is 8.48. The van der Waals surface area contributed by atoms with E-state index in [1.165, 1.54) is 12.1 Å². The van der Waals surface area contributed by atoms with Gasteiger partial charge in [-0.3, -0.25) is 0 Å². The minimum Gasteiger partial charge on any atom is -0.417 e. The molecule has 1 aliphatic rings. The van der Waals surface area contributed by atoms with Crippen LogP contribution in [0.4, 0.5) is 0 Å². The van der Waals surface area contributed by atoms with Crippen LogP contribution in [0, 0.1) is 0 Å². The summed E-state index contributed by atoms with van der Waals surface area (Å²) < 4.78 is 11.1. The summed E-state index contributed by atoms with van der Waals surface area (Å²) in [5.74, 6) is 0. The fourth-order valence-electron chi connectivity index (χ4n) is 1.79. The average Bonchev–Trinajstić information content (AvgIpc) is 2.73. The minimum atomic E-state index is -1.47. The minimum absolute atomic E-state index is 0.460. The van der Waals surface area contributed by atoms with E-state index in [4.69, 9.17) is 9.16 Å². The average molecular weight is 174 g/mol. The fourth-order valence-corrected chi connectivity index (χ4v) is 5.23. The number of epoxide rings is 1. The first-order valence-electron chi connectivity index (χ1n) is 4.40. The molecule has 2 nitrogen and oxygen atoms in total. The molecule has 11 heavy (non-hydrogen) atoms. The quantitative estimate of drug-likeness (QED) is 0.480. The molecule has 0 N–H and O–H groups in total. The summed E-state index contributed by atoms with van der Waals surface area (Å²) in [6, 6.07) is 2.35. The van der Waals surface area contributed by atoms with Crippen LogP contribution in [-0.4, -0.2) is 27.3 Å². The van der Waals surface area contributed by atoms with Gasteiger partial charge in [-0.25, -0.2) is 0 Å². The van der Waals surface area contributed by atoms with Crippen molar-refractivity contribution in [3.05, 3.63) is 0 Å². The third-order valence-electron chi connectivity index (χ3n) is 2.83. The smallest absolute Gasteiger partial charge is 0.223 e. The molecule has 0 bridgehead atoms. The standard InChI is InChI=1S/C8H18O2Si/c1-5-11(6-2,9-4)8-7(3)10-8/h7-8H,5-6H2,1-4H3. The first-order chi connectivity index (χ1) is 5.20. The van der Waals surface area contributed by atoms with E-state index in [-0.39, 0.29) is 0 Å². The highest BCUT2D eigenvalue weighted by atomic mass is 28.4. The molecule has 0 radical (unpaired) electrons. The van der Waals surface area contributed by atoms with Crippen LogP contribution in [0.5, 0.6) is 0 Å². The number of hydrogen-bond donors (Lipinski definition) is 0. The van der Waals surface area contributed by atoms with Crippen LogP contribution < -0.4 is 0 Å². The van der Waals surface area contributed by atoms with E-state index in [1.54, 1.807) is 0 Å². The SMILES string of the molecule is CC[Si](CC)(OC)C1OC1C. The first-order valence-corrected chi connectivity index (χ1v) is 6.80. The van der Waals surface area contributed by atoms with Gasteiger partial charge in [-0.15, -0.1) is 0 Å². The summed E-state index contributed by atoms with van der Waals surface area (Å²) in [5.41, 5.74) is 0.475. The Bertz CT molecular complexity index is 126. The Labute approximate surface area is 70.0 Å². The molecule has 2 atom stereocenters. The highest BCUT2D eigenvalue weighted by molar-refractivity contribution is 6.75. The Kier molecular flexibility index (Phi) is 2.73. The van der Waals surface area contributed by atoms with E-state index in [2.05, 4.69) is 20.8 Å². The molecule has 0 amide bonds. The maximum atomic E-state index is 5.64. The maximum absolute atomic E-state index is 5.64. The summed E-state index contributed by atoms with van der Waals surface area (Å²) in [6.07, 6.45) is 0.460. The van der Waals surface area contributed by atoms with Gasteiger partial charge in [-0.2, -0.15) is 0 Å². The molecule has 1 fully saturated rings. The van der Waals surface area contributed by atoms with Crippen molar-refractivity contribution in [2.45, 2.75) is 44.7 Å². The van der Waals surface area contributed by atoms with Gasteiger partial charge >= 0.3 is 0 Å². The van der Waals surface area contributed by atoms with Crippen LogP contribution in [0.25, 0.3) is 0 Å². The third-order valence-corrected chi connectivity index (χ3v) is 7.68. The predicted octanol–water partition coefficient (Wildman–Crippen LogP) is 1.94. The number of hydrogen-bond acceptors (Lipinski definition) is 2. The molecule has 1 rings (SSSR count). The zero-order valence-corrected chi connectivity index (χ0v) is 8.89. The van der Waals surface area contributed by atoms with Crippen LogP contribution in [0.1, 0.15) is 20.8 Å². The van der Waals surface area contributed by atoms with Crippen molar-refractivity contribution in [2.24, 2.45) is 0 Å². The van der Waals surface area contributed by atoms with Gasteiger partial charge in [-0.1, -0.05) is 13.8 Å². The number of rotatable bonds is 4. The molecule has 0 aliphatic carbocycles. The molecule has 1 saturated heterocycles. The van der Waals surface area contributed by atoms with Crippen molar-refractivity contribution in [2.75, 3.05) is 7.11 Å². The summed E-state index contributed by atoms with van der Waals surface area (Å²) in [5, 5.41) is 0. The highest BCUT2D eigenvalue weighted by Crippen LogP contribution is 2.35. The molecule has 3 heteroatoms. The highest BCUT2D eigenvalue weighted by Gasteiger charge is 2.53. The lowest BCUT2D eigenvalue weighted by Gasteiger charge is -2.24. The molecular weight excluding hydrogens is 156 g/mol. The van der Waals surface area contributed by atoms with E-state index < -0.39 is 8.32 Å². The van der Waals surface area contributed by atoms with Gasteiger partial charge in [0.15, 0.2) is 0 Å². The van der Waals surface area contributed by atoms with E-state index in [1.807, 2.05) is 7.11 Å². The largest absolute Gasteiger partial charge is 0.417 e. The fraction of sp³-hybridized carbons (Fsp3) is 1.00. The van der Waals surface area contributed by atoms with Gasteiger partial charge in [0, 0.05) is 7.11 Å². The molecule has 0 aromatic carbocycles. The molecule has 1 aliphatic heterocycles. The van der Waals surface area contributed by atoms with E-state index in [0.29, 0.717) is 11.8 Å². The van der Waals surface area contributed by atoms with Crippen molar-refractivity contribution < 1.29 is 9.16 Å². The van der Waals surface area contributed by atoms with Crippen molar-refractivity contribution in [1.29, 1.82) is 0 Å². The van der Waals surface area contributed by atoms with E-state index in [9.17, 15) is 0 Å². The normalized spacial score (nSPS) is 30.5. The summed E-state index contributed by atoms with van der Waals surface area (Å²) in [7, 11) is 0.372. The number of ether oxygens (including phenoxy) is 1. The van der Waals surface area contributed by atoms with Crippen LogP contribution in [-0.2, 0) is 9.16 Å². The lowest BCUT2D eigenvalue weighted by Crippen LogP contribution is -2.43. The molecule has 0 aromatic rings. The summed E-state index contributed by atoms with van der Waals surface area (Å²) in [4.78, 5) is 0. The van der Waals surface area contributed by atoms with Crippen LogP contribution in [0.15, 0.2) is 0 Å². The molecule has 0 saturated carbocycles. The van der Waals surface area contributed by atoms with Gasteiger partial charge in [0.1, 0.15) is 5.73 Å². The Morgan fingerprint density at radius 2 is 1.82 bits per heavy atom.